The van der Waals surface area contributed by atoms with Crippen LogP contribution < -0.4 is 5.32 Å². The minimum Gasteiger partial charge on any atom is -0.480 e. The van der Waals surface area contributed by atoms with Gasteiger partial charge in [-0.3, -0.25) is 14.5 Å². The summed E-state index contributed by atoms with van der Waals surface area (Å²) in [6.45, 7) is 4.77. The SMILES string of the molecule is C[C@H](C(=O)O)N(C)C(=O)CCCN1C(=O)NC(C)(C)C1=O. The number of amides is 4. The lowest BCUT2D eigenvalue weighted by Gasteiger charge is -2.22. The van der Waals surface area contributed by atoms with Crippen LogP contribution in [0.1, 0.15) is 33.6 Å². The third kappa shape index (κ3) is 3.71. The van der Waals surface area contributed by atoms with Crippen LogP contribution in [0.15, 0.2) is 0 Å². The summed E-state index contributed by atoms with van der Waals surface area (Å²) in [6.07, 6.45) is 0.371. The molecule has 0 saturated carbocycles. The number of carbonyl (C=O) groups is 4. The molecule has 0 aromatic carbocycles. The summed E-state index contributed by atoms with van der Waals surface area (Å²) in [6, 6.07) is -1.38. The molecule has 8 heteroatoms. The van der Waals surface area contributed by atoms with E-state index in [-0.39, 0.29) is 24.8 Å². The summed E-state index contributed by atoms with van der Waals surface area (Å²) < 4.78 is 0. The summed E-state index contributed by atoms with van der Waals surface area (Å²) in [5, 5.41) is 11.4. The van der Waals surface area contributed by atoms with Crippen molar-refractivity contribution in [3.63, 3.8) is 0 Å². The molecule has 1 rings (SSSR count). The smallest absolute Gasteiger partial charge is 0.326 e. The maximum Gasteiger partial charge on any atom is 0.326 e. The minimum atomic E-state index is -1.08. The third-order valence-corrected chi connectivity index (χ3v) is 3.55. The van der Waals surface area contributed by atoms with Gasteiger partial charge < -0.3 is 15.3 Å². The van der Waals surface area contributed by atoms with Gasteiger partial charge in [0.05, 0.1) is 0 Å². The van der Waals surface area contributed by atoms with Gasteiger partial charge in [-0.25, -0.2) is 9.59 Å². The Balaban J connectivity index is 2.47. The van der Waals surface area contributed by atoms with Gasteiger partial charge in [0.1, 0.15) is 11.6 Å². The second kappa shape index (κ2) is 6.11. The second-order valence-electron chi connectivity index (χ2n) is 5.63. The zero-order chi connectivity index (χ0) is 16.4. The van der Waals surface area contributed by atoms with Gasteiger partial charge in [-0.15, -0.1) is 0 Å². The molecule has 8 nitrogen and oxygen atoms in total. The van der Waals surface area contributed by atoms with Crippen molar-refractivity contribution in [2.75, 3.05) is 13.6 Å². The Morgan fingerprint density at radius 2 is 1.95 bits per heavy atom. The monoisotopic (exact) mass is 299 g/mol. The Labute approximate surface area is 123 Å². The van der Waals surface area contributed by atoms with Gasteiger partial charge in [0.2, 0.25) is 5.91 Å². The number of hydrogen-bond donors (Lipinski definition) is 2. The van der Waals surface area contributed by atoms with Crippen LogP contribution in [0.4, 0.5) is 4.79 Å². The summed E-state index contributed by atoms with van der Waals surface area (Å²) in [5.41, 5.74) is -0.921. The Hall–Kier alpha value is -2.12. The number of hydrogen-bond acceptors (Lipinski definition) is 4. The van der Waals surface area contributed by atoms with Crippen LogP contribution in [0, 0.1) is 0 Å². The van der Waals surface area contributed by atoms with E-state index in [1.807, 2.05) is 0 Å². The molecule has 1 aliphatic heterocycles. The van der Waals surface area contributed by atoms with Gasteiger partial charge in [0.25, 0.3) is 5.91 Å². The number of aliphatic carboxylic acids is 1. The molecule has 118 valence electrons. The maximum atomic E-state index is 11.9. The highest BCUT2D eigenvalue weighted by molar-refractivity contribution is 6.06. The number of carboxylic acids is 1. The fourth-order valence-electron chi connectivity index (χ4n) is 1.97. The quantitative estimate of drug-likeness (QED) is 0.673. The van der Waals surface area contributed by atoms with Gasteiger partial charge in [-0.1, -0.05) is 0 Å². The molecule has 0 aromatic rings. The lowest BCUT2D eigenvalue weighted by molar-refractivity contribution is -0.148. The Bertz CT molecular complexity index is 474. The van der Waals surface area contributed by atoms with E-state index < -0.39 is 23.6 Å². The number of nitrogens with zero attached hydrogens (tertiary/aromatic N) is 2. The third-order valence-electron chi connectivity index (χ3n) is 3.55. The van der Waals surface area contributed by atoms with Crippen LogP contribution in [0.25, 0.3) is 0 Å². The highest BCUT2D eigenvalue weighted by Gasteiger charge is 2.43. The van der Waals surface area contributed by atoms with Crippen molar-refractivity contribution in [1.29, 1.82) is 0 Å². The minimum absolute atomic E-state index is 0.0750. The first-order valence-electron chi connectivity index (χ1n) is 6.70. The van der Waals surface area contributed by atoms with Gasteiger partial charge in [-0.2, -0.15) is 0 Å². The number of likely N-dealkylation sites (N-methyl/N-ethyl adjacent to an activating group) is 1. The average Bonchev–Trinajstić information content (AvgIpc) is 2.58. The molecular formula is C13H21N3O5. The van der Waals surface area contributed by atoms with Crippen LogP contribution in [0.3, 0.4) is 0 Å². The Morgan fingerprint density at radius 3 is 2.38 bits per heavy atom. The van der Waals surface area contributed by atoms with Crippen LogP contribution >= 0.6 is 0 Å². The molecule has 1 saturated heterocycles. The van der Waals surface area contributed by atoms with E-state index in [1.54, 1.807) is 13.8 Å². The number of imide groups is 1. The number of urea groups is 1. The predicted octanol–water partition coefficient (Wildman–Crippen LogP) is 0.0285. The highest BCUT2D eigenvalue weighted by Crippen LogP contribution is 2.17. The number of rotatable bonds is 6. The van der Waals surface area contributed by atoms with Crippen LogP contribution in [-0.4, -0.2) is 63.9 Å². The van der Waals surface area contributed by atoms with Gasteiger partial charge in [0.15, 0.2) is 0 Å². The molecule has 1 heterocycles. The molecule has 0 radical (unpaired) electrons. The average molecular weight is 299 g/mol. The van der Waals surface area contributed by atoms with Crippen LogP contribution in [0.2, 0.25) is 0 Å². The number of carbonyl (C=O) groups excluding carboxylic acids is 3. The lowest BCUT2D eigenvalue weighted by Crippen LogP contribution is -2.41. The van der Waals surface area contributed by atoms with Gasteiger partial charge in [0, 0.05) is 20.0 Å². The lowest BCUT2D eigenvalue weighted by atomic mass is 10.1. The molecule has 1 fully saturated rings. The van der Waals surface area contributed by atoms with E-state index in [1.165, 1.54) is 14.0 Å². The van der Waals surface area contributed by atoms with E-state index in [4.69, 9.17) is 5.11 Å². The molecule has 0 spiro atoms. The first kappa shape index (κ1) is 16.9. The summed E-state index contributed by atoms with van der Waals surface area (Å²) in [7, 11) is 1.41. The number of nitrogens with one attached hydrogen (secondary N) is 1. The first-order valence-corrected chi connectivity index (χ1v) is 6.70. The summed E-state index contributed by atoms with van der Waals surface area (Å²) in [5.74, 6) is -1.75. The second-order valence-corrected chi connectivity index (χ2v) is 5.63. The van der Waals surface area contributed by atoms with E-state index in [9.17, 15) is 19.2 Å². The largest absolute Gasteiger partial charge is 0.480 e. The molecule has 0 aromatic heterocycles. The number of carboxylic acid groups (broad SMARTS) is 1. The molecule has 21 heavy (non-hydrogen) atoms. The van der Waals surface area contributed by atoms with Gasteiger partial charge in [-0.05, 0) is 27.2 Å². The molecule has 1 aliphatic rings. The van der Waals surface area contributed by atoms with Crippen molar-refractivity contribution < 1.29 is 24.3 Å². The normalized spacial score (nSPS) is 18.4. The van der Waals surface area contributed by atoms with E-state index >= 15 is 0 Å². The maximum absolute atomic E-state index is 11.9. The van der Waals surface area contributed by atoms with Gasteiger partial charge >= 0.3 is 12.0 Å². The van der Waals surface area contributed by atoms with Crippen molar-refractivity contribution >= 4 is 23.8 Å². The zero-order valence-electron chi connectivity index (χ0n) is 12.7. The molecule has 0 aliphatic carbocycles. The first-order chi connectivity index (χ1) is 9.58. The Morgan fingerprint density at radius 1 is 1.38 bits per heavy atom. The van der Waals surface area contributed by atoms with E-state index in [2.05, 4.69) is 5.32 Å². The zero-order valence-corrected chi connectivity index (χ0v) is 12.7. The molecule has 1 atom stereocenters. The van der Waals surface area contributed by atoms with E-state index in [0.29, 0.717) is 6.42 Å². The topological polar surface area (TPSA) is 107 Å². The fourth-order valence-corrected chi connectivity index (χ4v) is 1.97. The fraction of sp³-hybridized carbons (Fsp3) is 0.692. The van der Waals surface area contributed by atoms with Crippen molar-refractivity contribution in [2.45, 2.75) is 45.2 Å². The van der Waals surface area contributed by atoms with Crippen LogP contribution in [-0.2, 0) is 14.4 Å². The van der Waals surface area contributed by atoms with Crippen LogP contribution in [0.5, 0.6) is 0 Å². The van der Waals surface area contributed by atoms with Crippen molar-refractivity contribution in [2.24, 2.45) is 0 Å². The highest BCUT2D eigenvalue weighted by atomic mass is 16.4. The molecule has 0 bridgehead atoms. The Kier molecular flexibility index (Phi) is 4.93. The summed E-state index contributed by atoms with van der Waals surface area (Å²) in [4.78, 5) is 48.4. The molecular weight excluding hydrogens is 278 g/mol. The summed E-state index contributed by atoms with van der Waals surface area (Å²) >= 11 is 0. The van der Waals surface area contributed by atoms with Crippen molar-refractivity contribution in [1.82, 2.24) is 15.1 Å². The predicted molar refractivity (Wildman–Crippen MR) is 73.4 cm³/mol. The van der Waals surface area contributed by atoms with Crippen molar-refractivity contribution in [3.8, 4) is 0 Å². The van der Waals surface area contributed by atoms with E-state index in [0.717, 1.165) is 9.80 Å². The molecule has 4 amide bonds. The standard InChI is InChI=1S/C13H21N3O5/c1-8(10(18)19)15(4)9(17)6-5-7-16-11(20)13(2,3)14-12(16)21/h8H,5-7H2,1-4H3,(H,14,21)(H,18,19)/t8-/m1/s1. The molecule has 0 unspecified atom stereocenters. The van der Waals surface area contributed by atoms with Crippen molar-refractivity contribution in [3.05, 3.63) is 0 Å². The molecule has 2 N–H and O–H groups in total.